The second-order valence-electron chi connectivity index (χ2n) is 7.98. The summed E-state index contributed by atoms with van der Waals surface area (Å²) in [6.45, 7) is 4.15. The lowest BCUT2D eigenvalue weighted by Crippen LogP contribution is -2.55. The number of amides is 2. The number of piperazine rings is 1. The summed E-state index contributed by atoms with van der Waals surface area (Å²) in [6.07, 6.45) is 1.87. The van der Waals surface area contributed by atoms with Crippen molar-refractivity contribution in [2.45, 2.75) is 18.9 Å². The molecule has 2 aromatic carbocycles. The molecule has 32 heavy (non-hydrogen) atoms. The highest BCUT2D eigenvalue weighted by Gasteiger charge is 2.32. The average molecular weight is 439 g/mol. The Morgan fingerprint density at radius 3 is 2.44 bits per heavy atom. The number of nitrogens with one attached hydrogen (secondary N) is 2. The number of hydrogen-bond donors (Lipinski definition) is 2. The maximum atomic E-state index is 13.2. The number of para-hydroxylation sites is 1. The van der Waals surface area contributed by atoms with E-state index in [0.717, 1.165) is 22.2 Å². The Hall–Kier alpha value is -3.55. The van der Waals surface area contributed by atoms with Gasteiger partial charge in [0.15, 0.2) is 0 Å². The zero-order chi connectivity index (χ0) is 22.7. The molecule has 168 valence electrons. The molecule has 0 unspecified atom stereocenters. The van der Waals surface area contributed by atoms with Crippen LogP contribution in [0, 0.1) is 5.82 Å². The summed E-state index contributed by atoms with van der Waals surface area (Å²) in [7, 11) is 1.32. The Balaban J connectivity index is 1.43. The summed E-state index contributed by atoms with van der Waals surface area (Å²) in [6, 6.07) is 13.1. The molecule has 2 amide bonds. The number of hydrogen-bond acceptors (Lipinski definition) is 4. The van der Waals surface area contributed by atoms with Gasteiger partial charge >= 0.3 is 12.0 Å². The Morgan fingerprint density at radius 2 is 1.75 bits per heavy atom. The molecule has 0 spiro atoms. The maximum Gasteiger partial charge on any atom is 0.329 e. The molecule has 1 fully saturated rings. The second kappa shape index (κ2) is 9.30. The molecule has 1 aliphatic heterocycles. The van der Waals surface area contributed by atoms with Crippen LogP contribution in [0.1, 0.15) is 18.4 Å². The van der Waals surface area contributed by atoms with Crippen LogP contribution in [0.4, 0.5) is 14.9 Å². The SMILES string of the molecule is COC(=O)[C@@H](NC(=O)N1CCN(c2ccc(F)cc2)CC1)[C@H](C)c1c[nH]c2ccccc12. The fourth-order valence-electron chi connectivity index (χ4n) is 4.21. The zero-order valence-corrected chi connectivity index (χ0v) is 18.2. The van der Waals surface area contributed by atoms with Crippen molar-refractivity contribution in [2.24, 2.45) is 0 Å². The minimum atomic E-state index is -0.818. The maximum absolute atomic E-state index is 13.2. The van der Waals surface area contributed by atoms with E-state index in [-0.39, 0.29) is 17.8 Å². The Labute approximate surface area is 186 Å². The molecule has 0 saturated carbocycles. The summed E-state index contributed by atoms with van der Waals surface area (Å²) in [5.41, 5.74) is 2.84. The van der Waals surface area contributed by atoms with Crippen molar-refractivity contribution in [3.8, 4) is 0 Å². The molecule has 0 radical (unpaired) electrons. The number of esters is 1. The van der Waals surface area contributed by atoms with E-state index in [4.69, 9.17) is 4.74 Å². The summed E-state index contributed by atoms with van der Waals surface area (Å²) in [5.74, 6) is -1.05. The fourth-order valence-corrected chi connectivity index (χ4v) is 4.21. The Bertz CT molecular complexity index is 1090. The molecule has 1 aromatic heterocycles. The van der Waals surface area contributed by atoms with E-state index in [0.29, 0.717) is 26.2 Å². The fraction of sp³-hybridized carbons (Fsp3) is 0.333. The first kappa shape index (κ1) is 21.7. The lowest BCUT2D eigenvalue weighted by molar-refractivity contribution is -0.143. The van der Waals surface area contributed by atoms with Crippen molar-refractivity contribution in [3.63, 3.8) is 0 Å². The van der Waals surface area contributed by atoms with E-state index in [1.807, 2.05) is 37.4 Å². The van der Waals surface area contributed by atoms with Crippen molar-refractivity contribution >= 4 is 28.6 Å². The number of benzene rings is 2. The van der Waals surface area contributed by atoms with Crippen LogP contribution in [0.3, 0.4) is 0 Å². The number of fused-ring (bicyclic) bond motifs is 1. The topological polar surface area (TPSA) is 77.7 Å². The number of rotatable bonds is 5. The average Bonchev–Trinajstić information content (AvgIpc) is 3.26. The minimum Gasteiger partial charge on any atom is -0.467 e. The van der Waals surface area contributed by atoms with Crippen LogP contribution in [0.5, 0.6) is 0 Å². The smallest absolute Gasteiger partial charge is 0.329 e. The van der Waals surface area contributed by atoms with Gasteiger partial charge in [-0.2, -0.15) is 0 Å². The van der Waals surface area contributed by atoms with E-state index >= 15 is 0 Å². The number of ether oxygens (including phenoxy) is 1. The third kappa shape index (κ3) is 4.39. The molecule has 2 heterocycles. The normalized spacial score (nSPS) is 16.0. The van der Waals surface area contributed by atoms with E-state index < -0.39 is 12.0 Å². The number of halogens is 1. The number of nitrogens with zero attached hydrogens (tertiary/aromatic N) is 2. The number of H-pyrrole nitrogens is 1. The molecule has 1 aliphatic rings. The van der Waals surface area contributed by atoms with Crippen LogP contribution < -0.4 is 10.2 Å². The lowest BCUT2D eigenvalue weighted by Gasteiger charge is -2.37. The summed E-state index contributed by atoms with van der Waals surface area (Å²) >= 11 is 0. The largest absolute Gasteiger partial charge is 0.467 e. The van der Waals surface area contributed by atoms with Gasteiger partial charge in [-0.05, 0) is 35.9 Å². The summed E-state index contributed by atoms with van der Waals surface area (Å²) in [4.78, 5) is 32.6. The molecule has 7 nitrogen and oxygen atoms in total. The second-order valence-corrected chi connectivity index (χ2v) is 7.98. The Kier molecular flexibility index (Phi) is 6.30. The van der Waals surface area contributed by atoms with Gasteiger partial charge in [0.1, 0.15) is 11.9 Å². The highest BCUT2D eigenvalue weighted by atomic mass is 19.1. The predicted molar refractivity (Wildman–Crippen MR) is 121 cm³/mol. The number of urea groups is 1. The van der Waals surface area contributed by atoms with Gasteiger partial charge in [-0.25, -0.2) is 14.0 Å². The van der Waals surface area contributed by atoms with Crippen molar-refractivity contribution in [1.82, 2.24) is 15.2 Å². The van der Waals surface area contributed by atoms with Crippen LogP contribution in [0.25, 0.3) is 10.9 Å². The first-order valence-corrected chi connectivity index (χ1v) is 10.7. The highest BCUT2D eigenvalue weighted by molar-refractivity contribution is 5.88. The third-order valence-corrected chi connectivity index (χ3v) is 6.10. The van der Waals surface area contributed by atoms with Gasteiger partial charge < -0.3 is 24.8 Å². The number of aromatic nitrogens is 1. The first-order chi connectivity index (χ1) is 15.5. The summed E-state index contributed by atoms with van der Waals surface area (Å²) < 4.78 is 18.2. The number of carbonyl (C=O) groups excluding carboxylic acids is 2. The van der Waals surface area contributed by atoms with Gasteiger partial charge in [0.05, 0.1) is 7.11 Å². The molecule has 2 atom stereocenters. The molecule has 0 bridgehead atoms. The van der Waals surface area contributed by atoms with Crippen LogP contribution in [-0.2, 0) is 9.53 Å². The van der Waals surface area contributed by atoms with Crippen molar-refractivity contribution in [1.29, 1.82) is 0 Å². The number of methoxy groups -OCH3 is 1. The molecule has 2 N–H and O–H groups in total. The third-order valence-electron chi connectivity index (χ3n) is 6.10. The minimum absolute atomic E-state index is 0.273. The lowest BCUT2D eigenvalue weighted by atomic mass is 9.93. The van der Waals surface area contributed by atoms with Gasteiger partial charge in [-0.3, -0.25) is 0 Å². The number of carbonyl (C=O) groups is 2. The van der Waals surface area contributed by atoms with E-state index in [1.54, 1.807) is 17.0 Å². The van der Waals surface area contributed by atoms with E-state index in [1.165, 1.54) is 19.2 Å². The van der Waals surface area contributed by atoms with Crippen molar-refractivity contribution in [2.75, 3.05) is 38.2 Å². The van der Waals surface area contributed by atoms with Gasteiger partial charge in [0, 0.05) is 54.9 Å². The van der Waals surface area contributed by atoms with E-state index in [2.05, 4.69) is 15.2 Å². The zero-order valence-electron chi connectivity index (χ0n) is 18.2. The molecule has 0 aliphatic carbocycles. The predicted octanol–water partition coefficient (Wildman–Crippen LogP) is 3.48. The Morgan fingerprint density at radius 1 is 1.06 bits per heavy atom. The van der Waals surface area contributed by atoms with E-state index in [9.17, 15) is 14.0 Å². The molecule has 1 saturated heterocycles. The van der Waals surface area contributed by atoms with Gasteiger partial charge in [0.25, 0.3) is 0 Å². The molecule has 8 heteroatoms. The molecular weight excluding hydrogens is 411 g/mol. The van der Waals surface area contributed by atoms with Gasteiger partial charge in [-0.15, -0.1) is 0 Å². The molecule has 3 aromatic rings. The monoisotopic (exact) mass is 438 g/mol. The molecular formula is C24H27FN4O3. The first-order valence-electron chi connectivity index (χ1n) is 10.7. The van der Waals surface area contributed by atoms with Crippen LogP contribution >= 0.6 is 0 Å². The van der Waals surface area contributed by atoms with Crippen molar-refractivity contribution < 1.29 is 18.7 Å². The standard InChI is InChI=1S/C24H27FN4O3/c1-16(20-15-26-21-6-4-3-5-19(20)21)22(23(30)32-2)27-24(31)29-13-11-28(12-14-29)18-9-7-17(25)8-10-18/h3-10,15-16,22,26H,11-14H2,1-2H3,(H,27,31)/t16-,22+/m1/s1. The van der Waals surface area contributed by atoms with Gasteiger partial charge in [-0.1, -0.05) is 25.1 Å². The number of anilines is 1. The van der Waals surface area contributed by atoms with Crippen molar-refractivity contribution in [3.05, 3.63) is 66.1 Å². The van der Waals surface area contributed by atoms with Crippen LogP contribution in [0.2, 0.25) is 0 Å². The highest BCUT2D eigenvalue weighted by Crippen LogP contribution is 2.28. The van der Waals surface area contributed by atoms with Crippen LogP contribution in [0.15, 0.2) is 54.7 Å². The van der Waals surface area contributed by atoms with Gasteiger partial charge in [0.2, 0.25) is 0 Å². The van der Waals surface area contributed by atoms with Crippen LogP contribution in [-0.4, -0.2) is 61.2 Å². The number of aromatic amines is 1. The summed E-state index contributed by atoms with van der Waals surface area (Å²) in [5, 5.41) is 3.89. The molecule has 4 rings (SSSR count). The quantitative estimate of drug-likeness (QED) is 0.598.